The molecular weight excluding hydrogens is 286 g/mol. The van der Waals surface area contributed by atoms with E-state index in [0.717, 1.165) is 0 Å². The first kappa shape index (κ1) is 15.9. The van der Waals surface area contributed by atoms with Crippen molar-refractivity contribution in [3.63, 3.8) is 0 Å². The minimum atomic E-state index is -3.50. The summed E-state index contributed by atoms with van der Waals surface area (Å²) in [5.74, 6) is 0. The monoisotopic (exact) mass is 301 g/mol. The highest BCUT2D eigenvalue weighted by molar-refractivity contribution is 7.89. The van der Waals surface area contributed by atoms with E-state index in [1.54, 1.807) is 12.1 Å². The van der Waals surface area contributed by atoms with Crippen LogP contribution in [0, 0.1) is 11.3 Å². The lowest BCUT2D eigenvalue weighted by Gasteiger charge is -2.32. The minimum Gasteiger partial charge on any atom is -0.314 e. The normalized spacial score (nSPS) is 20.3. The highest BCUT2D eigenvalue weighted by atomic mass is 35.5. The summed E-state index contributed by atoms with van der Waals surface area (Å²) in [5, 5.41) is 12.0. The third-order valence-corrected chi connectivity index (χ3v) is 5.02. The molecule has 0 bridgehead atoms. The molecule has 1 fully saturated rings. The van der Waals surface area contributed by atoms with Crippen molar-refractivity contribution < 1.29 is 8.42 Å². The number of rotatable bonds is 2. The Kier molecular flexibility index (Phi) is 5.32. The van der Waals surface area contributed by atoms with Crippen molar-refractivity contribution in [1.82, 2.24) is 9.62 Å². The molecule has 1 atom stereocenters. The van der Waals surface area contributed by atoms with Crippen molar-refractivity contribution in [3.05, 3.63) is 29.8 Å². The van der Waals surface area contributed by atoms with Crippen molar-refractivity contribution in [2.45, 2.75) is 17.9 Å². The van der Waals surface area contributed by atoms with E-state index in [1.807, 2.05) is 13.0 Å². The van der Waals surface area contributed by atoms with Gasteiger partial charge in [0.1, 0.15) is 0 Å². The summed E-state index contributed by atoms with van der Waals surface area (Å²) in [6.45, 7) is 3.64. The Morgan fingerprint density at radius 3 is 2.84 bits per heavy atom. The summed E-state index contributed by atoms with van der Waals surface area (Å²) >= 11 is 0. The molecule has 19 heavy (non-hydrogen) atoms. The van der Waals surface area contributed by atoms with Gasteiger partial charge in [-0.2, -0.15) is 9.57 Å². The largest absolute Gasteiger partial charge is 0.314 e. The van der Waals surface area contributed by atoms with Gasteiger partial charge in [0.15, 0.2) is 0 Å². The number of nitrogens with zero attached hydrogens (tertiary/aromatic N) is 2. The highest BCUT2D eigenvalue weighted by Crippen LogP contribution is 2.20. The number of hydrogen-bond donors (Lipinski definition) is 1. The average Bonchev–Trinajstić information content (AvgIpc) is 2.39. The van der Waals surface area contributed by atoms with E-state index in [0.29, 0.717) is 25.2 Å². The van der Waals surface area contributed by atoms with Crippen LogP contribution in [0.25, 0.3) is 0 Å². The minimum absolute atomic E-state index is 0. The van der Waals surface area contributed by atoms with Gasteiger partial charge in [-0.15, -0.1) is 12.4 Å². The number of benzene rings is 1. The smallest absolute Gasteiger partial charge is 0.243 e. The van der Waals surface area contributed by atoms with E-state index in [4.69, 9.17) is 5.26 Å². The van der Waals surface area contributed by atoms with Gasteiger partial charge in [0.05, 0.1) is 16.5 Å². The maximum Gasteiger partial charge on any atom is 0.243 e. The first-order valence-corrected chi connectivity index (χ1v) is 7.22. The van der Waals surface area contributed by atoms with Crippen LogP contribution in [0.3, 0.4) is 0 Å². The van der Waals surface area contributed by atoms with Crippen molar-refractivity contribution in [1.29, 1.82) is 5.26 Å². The standard InChI is InChI=1S/C12H15N3O2S.ClH/c1-10-9-14-5-6-15(10)18(16,17)12-4-2-3-11(7-12)8-13;/h2-4,7,10,14H,5-6,9H2,1H3;1H/t10-;/m1./s1. The predicted octanol–water partition coefficient (Wildman–Crippen LogP) is 0.962. The third-order valence-electron chi connectivity index (χ3n) is 3.01. The van der Waals surface area contributed by atoms with Crippen LogP contribution in [0.4, 0.5) is 0 Å². The molecule has 1 N–H and O–H groups in total. The molecule has 1 aromatic rings. The number of piperazine rings is 1. The van der Waals surface area contributed by atoms with Crippen LogP contribution >= 0.6 is 12.4 Å². The maximum absolute atomic E-state index is 12.5. The van der Waals surface area contributed by atoms with E-state index < -0.39 is 10.0 Å². The van der Waals surface area contributed by atoms with Crippen molar-refractivity contribution in [3.8, 4) is 6.07 Å². The maximum atomic E-state index is 12.5. The first-order valence-electron chi connectivity index (χ1n) is 5.78. The molecule has 0 radical (unpaired) electrons. The summed E-state index contributed by atoms with van der Waals surface area (Å²) < 4.78 is 26.4. The van der Waals surface area contributed by atoms with Crippen LogP contribution in [-0.4, -0.2) is 38.4 Å². The quantitative estimate of drug-likeness (QED) is 0.883. The lowest BCUT2D eigenvalue weighted by atomic mass is 10.2. The van der Waals surface area contributed by atoms with Crippen molar-refractivity contribution >= 4 is 22.4 Å². The van der Waals surface area contributed by atoms with Gasteiger partial charge in [-0.05, 0) is 25.1 Å². The van der Waals surface area contributed by atoms with Gasteiger partial charge in [0, 0.05) is 25.7 Å². The zero-order chi connectivity index (χ0) is 13.2. The van der Waals surface area contributed by atoms with Gasteiger partial charge in [-0.25, -0.2) is 8.42 Å². The van der Waals surface area contributed by atoms with E-state index in [-0.39, 0.29) is 23.3 Å². The molecule has 1 aromatic carbocycles. The van der Waals surface area contributed by atoms with E-state index in [1.165, 1.54) is 16.4 Å². The molecule has 1 aliphatic heterocycles. The van der Waals surface area contributed by atoms with Gasteiger partial charge >= 0.3 is 0 Å². The zero-order valence-electron chi connectivity index (χ0n) is 10.5. The number of nitriles is 1. The van der Waals surface area contributed by atoms with E-state index >= 15 is 0 Å². The molecule has 0 unspecified atom stereocenters. The van der Waals surface area contributed by atoms with Gasteiger partial charge < -0.3 is 5.32 Å². The summed E-state index contributed by atoms with van der Waals surface area (Å²) in [6.07, 6.45) is 0. The SMILES string of the molecule is C[C@@H]1CNCCN1S(=O)(=O)c1cccc(C#N)c1.Cl. The number of halogens is 1. The number of hydrogen-bond acceptors (Lipinski definition) is 4. The van der Waals surface area contributed by atoms with Gasteiger partial charge in [-0.1, -0.05) is 6.07 Å². The lowest BCUT2D eigenvalue weighted by Crippen LogP contribution is -2.52. The fourth-order valence-electron chi connectivity index (χ4n) is 2.04. The van der Waals surface area contributed by atoms with Gasteiger partial charge in [0.25, 0.3) is 0 Å². The Labute approximate surface area is 119 Å². The average molecular weight is 302 g/mol. The Balaban J connectivity index is 0.00000180. The second-order valence-corrected chi connectivity index (χ2v) is 6.20. The van der Waals surface area contributed by atoms with Crippen LogP contribution in [-0.2, 0) is 10.0 Å². The second kappa shape index (κ2) is 6.35. The topological polar surface area (TPSA) is 73.2 Å². The molecule has 1 saturated heterocycles. The van der Waals surface area contributed by atoms with Gasteiger partial charge in [0.2, 0.25) is 10.0 Å². The molecule has 5 nitrogen and oxygen atoms in total. The van der Waals surface area contributed by atoms with E-state index in [2.05, 4.69) is 5.32 Å². The molecule has 0 aromatic heterocycles. The summed E-state index contributed by atoms with van der Waals surface area (Å²) in [4.78, 5) is 0.190. The molecule has 104 valence electrons. The Bertz CT molecular complexity index is 583. The summed E-state index contributed by atoms with van der Waals surface area (Å²) in [7, 11) is -3.50. The molecule has 0 spiro atoms. The molecule has 0 amide bonds. The van der Waals surface area contributed by atoms with Crippen LogP contribution in [0.15, 0.2) is 29.2 Å². The van der Waals surface area contributed by atoms with Crippen molar-refractivity contribution in [2.24, 2.45) is 0 Å². The van der Waals surface area contributed by atoms with Gasteiger partial charge in [-0.3, -0.25) is 0 Å². The zero-order valence-corrected chi connectivity index (χ0v) is 12.2. The fraction of sp³-hybridized carbons (Fsp3) is 0.417. The Hall–Kier alpha value is -1.13. The summed E-state index contributed by atoms with van der Waals surface area (Å²) in [6, 6.07) is 8.03. The fourth-order valence-corrected chi connectivity index (χ4v) is 3.72. The third kappa shape index (κ3) is 3.25. The molecule has 1 heterocycles. The number of sulfonamides is 1. The van der Waals surface area contributed by atoms with Crippen LogP contribution < -0.4 is 5.32 Å². The van der Waals surface area contributed by atoms with Crippen molar-refractivity contribution in [2.75, 3.05) is 19.6 Å². The van der Waals surface area contributed by atoms with Crippen LogP contribution in [0.2, 0.25) is 0 Å². The predicted molar refractivity (Wildman–Crippen MR) is 74.6 cm³/mol. The lowest BCUT2D eigenvalue weighted by molar-refractivity contribution is 0.284. The molecule has 7 heteroatoms. The second-order valence-electron chi connectivity index (χ2n) is 4.31. The van der Waals surface area contributed by atoms with Crippen LogP contribution in [0.1, 0.15) is 12.5 Å². The molecule has 2 rings (SSSR count). The molecule has 1 aliphatic rings. The summed E-state index contributed by atoms with van der Waals surface area (Å²) in [5.41, 5.74) is 0.360. The molecule has 0 saturated carbocycles. The Morgan fingerprint density at radius 2 is 2.21 bits per heavy atom. The Morgan fingerprint density at radius 1 is 1.47 bits per heavy atom. The molecular formula is C12H16ClN3O2S. The molecule has 0 aliphatic carbocycles. The van der Waals surface area contributed by atoms with Crippen LogP contribution in [0.5, 0.6) is 0 Å². The van der Waals surface area contributed by atoms with E-state index in [9.17, 15) is 8.42 Å². The highest BCUT2D eigenvalue weighted by Gasteiger charge is 2.30. The first-order chi connectivity index (χ1) is 8.55. The number of nitrogens with one attached hydrogen (secondary N) is 1.